The summed E-state index contributed by atoms with van der Waals surface area (Å²) in [4.78, 5) is 12.3. The molecule has 0 aromatic heterocycles. The summed E-state index contributed by atoms with van der Waals surface area (Å²) in [5, 5.41) is 5.38. The molecular weight excluding hydrogens is 308 g/mol. The summed E-state index contributed by atoms with van der Waals surface area (Å²) in [7, 11) is 0. The van der Waals surface area contributed by atoms with Gasteiger partial charge in [-0.2, -0.15) is 0 Å². The lowest BCUT2D eigenvalue weighted by Crippen LogP contribution is -2.26. The lowest BCUT2D eigenvalue weighted by atomic mass is 9.99. The second-order valence-electron chi connectivity index (χ2n) is 5.39. The predicted molar refractivity (Wildman–Crippen MR) is 97.9 cm³/mol. The van der Waals surface area contributed by atoms with Gasteiger partial charge in [0.05, 0.1) is 6.04 Å². The number of rotatable bonds is 3. The summed E-state index contributed by atoms with van der Waals surface area (Å²) >= 11 is 0. The van der Waals surface area contributed by atoms with Crippen LogP contribution in [0.5, 0.6) is 0 Å². The zero-order chi connectivity index (χ0) is 15.5. The van der Waals surface area contributed by atoms with Gasteiger partial charge in [-0.05, 0) is 47.5 Å². The number of hydrogen-bond acceptors (Lipinski definition) is 2. The van der Waals surface area contributed by atoms with Gasteiger partial charge in [-0.1, -0.05) is 42.5 Å². The number of halogens is 1. The highest BCUT2D eigenvalue weighted by molar-refractivity contribution is 5.95. The van der Waals surface area contributed by atoms with Gasteiger partial charge in [-0.15, -0.1) is 12.4 Å². The minimum atomic E-state index is -0.0968. The summed E-state index contributed by atoms with van der Waals surface area (Å²) in [5.41, 5.74) is 8.03. The first kappa shape index (κ1) is 16.8. The molecule has 118 valence electrons. The third-order valence-electron chi connectivity index (χ3n) is 3.81. The SMILES string of the molecule is C[C@H](NC(=O)c1ccc(N)cc1)c1cccc2ccccc12.Cl. The number of amides is 1. The van der Waals surface area contributed by atoms with E-state index in [1.54, 1.807) is 24.3 Å². The van der Waals surface area contributed by atoms with E-state index in [1.807, 2.05) is 25.1 Å². The van der Waals surface area contributed by atoms with Crippen molar-refractivity contribution in [3.05, 3.63) is 77.9 Å². The molecule has 0 aliphatic rings. The van der Waals surface area contributed by atoms with Gasteiger partial charge in [-0.25, -0.2) is 0 Å². The van der Waals surface area contributed by atoms with Gasteiger partial charge in [0.25, 0.3) is 5.91 Å². The average Bonchev–Trinajstić information content (AvgIpc) is 2.54. The molecule has 0 bridgehead atoms. The molecule has 0 aliphatic carbocycles. The van der Waals surface area contributed by atoms with Crippen molar-refractivity contribution >= 4 is 34.8 Å². The highest BCUT2D eigenvalue weighted by Gasteiger charge is 2.13. The second kappa shape index (κ2) is 7.16. The molecule has 0 heterocycles. The van der Waals surface area contributed by atoms with Crippen LogP contribution in [0.4, 0.5) is 5.69 Å². The number of nitrogen functional groups attached to an aromatic ring is 1. The second-order valence-corrected chi connectivity index (χ2v) is 5.39. The third-order valence-corrected chi connectivity index (χ3v) is 3.81. The first-order chi connectivity index (χ1) is 10.6. The van der Waals surface area contributed by atoms with Crippen LogP contribution >= 0.6 is 12.4 Å². The van der Waals surface area contributed by atoms with Crippen LogP contribution in [0, 0.1) is 0 Å². The number of nitrogens with two attached hydrogens (primary N) is 1. The van der Waals surface area contributed by atoms with E-state index in [0.29, 0.717) is 11.3 Å². The normalized spacial score (nSPS) is 11.5. The summed E-state index contributed by atoms with van der Waals surface area (Å²) in [6.07, 6.45) is 0. The molecule has 0 aliphatic heterocycles. The molecule has 3 nitrogen and oxygen atoms in total. The largest absolute Gasteiger partial charge is 0.399 e. The molecule has 3 N–H and O–H groups in total. The van der Waals surface area contributed by atoms with Gasteiger partial charge >= 0.3 is 0 Å². The summed E-state index contributed by atoms with van der Waals surface area (Å²) in [5.74, 6) is -0.0968. The van der Waals surface area contributed by atoms with Crippen molar-refractivity contribution in [2.24, 2.45) is 0 Å². The first-order valence-electron chi connectivity index (χ1n) is 7.29. The molecule has 0 fully saturated rings. The van der Waals surface area contributed by atoms with Crippen molar-refractivity contribution in [2.45, 2.75) is 13.0 Å². The van der Waals surface area contributed by atoms with Gasteiger partial charge < -0.3 is 11.1 Å². The summed E-state index contributed by atoms with van der Waals surface area (Å²) in [6, 6.07) is 21.2. The van der Waals surface area contributed by atoms with E-state index in [1.165, 1.54) is 5.39 Å². The Morgan fingerprint density at radius 3 is 2.35 bits per heavy atom. The molecule has 3 rings (SSSR count). The minimum Gasteiger partial charge on any atom is -0.399 e. The van der Waals surface area contributed by atoms with Gasteiger partial charge in [-0.3, -0.25) is 4.79 Å². The fourth-order valence-corrected chi connectivity index (χ4v) is 2.62. The molecule has 1 atom stereocenters. The van der Waals surface area contributed by atoms with Gasteiger partial charge in [0.2, 0.25) is 0 Å². The fourth-order valence-electron chi connectivity index (χ4n) is 2.62. The van der Waals surface area contributed by atoms with Crippen molar-refractivity contribution in [1.82, 2.24) is 5.32 Å². The number of anilines is 1. The quantitative estimate of drug-likeness (QED) is 0.704. The maximum Gasteiger partial charge on any atom is 0.251 e. The Kier molecular flexibility index (Phi) is 5.24. The van der Waals surface area contributed by atoms with E-state index < -0.39 is 0 Å². The molecular formula is C19H19ClN2O. The maximum atomic E-state index is 12.3. The molecule has 0 unspecified atom stereocenters. The van der Waals surface area contributed by atoms with Crippen LogP contribution in [0.3, 0.4) is 0 Å². The smallest absolute Gasteiger partial charge is 0.251 e. The molecule has 0 saturated carbocycles. The van der Waals surface area contributed by atoms with Gasteiger partial charge in [0, 0.05) is 11.3 Å². The van der Waals surface area contributed by atoms with Crippen LogP contribution in [-0.2, 0) is 0 Å². The molecule has 0 radical (unpaired) electrons. The Bertz CT molecular complexity index is 810. The van der Waals surface area contributed by atoms with Crippen molar-refractivity contribution in [3.63, 3.8) is 0 Å². The molecule has 23 heavy (non-hydrogen) atoms. The average molecular weight is 327 g/mol. The molecule has 3 aromatic carbocycles. The van der Waals surface area contributed by atoms with E-state index in [9.17, 15) is 4.79 Å². The zero-order valence-electron chi connectivity index (χ0n) is 12.8. The van der Waals surface area contributed by atoms with E-state index in [0.717, 1.165) is 10.9 Å². The van der Waals surface area contributed by atoms with E-state index >= 15 is 0 Å². The number of fused-ring (bicyclic) bond motifs is 1. The topological polar surface area (TPSA) is 55.1 Å². The monoisotopic (exact) mass is 326 g/mol. The molecule has 4 heteroatoms. The Morgan fingerprint density at radius 1 is 0.957 bits per heavy atom. The number of carbonyl (C=O) groups is 1. The number of carbonyl (C=O) groups excluding carboxylic acids is 1. The molecule has 1 amide bonds. The molecule has 0 saturated heterocycles. The maximum absolute atomic E-state index is 12.3. The van der Waals surface area contributed by atoms with Crippen LogP contribution < -0.4 is 11.1 Å². The minimum absolute atomic E-state index is 0. The lowest BCUT2D eigenvalue weighted by molar-refractivity contribution is 0.0940. The molecule has 0 spiro atoms. The van der Waals surface area contributed by atoms with E-state index in [-0.39, 0.29) is 24.4 Å². The van der Waals surface area contributed by atoms with Crippen molar-refractivity contribution in [3.8, 4) is 0 Å². The Morgan fingerprint density at radius 2 is 1.61 bits per heavy atom. The standard InChI is InChI=1S/C19H18N2O.ClH/c1-13(21-19(22)15-9-11-16(20)12-10-15)17-8-4-6-14-5-2-3-7-18(14)17;/h2-13H,20H2,1H3,(H,21,22);1H/t13-;/m0./s1. The highest BCUT2D eigenvalue weighted by atomic mass is 35.5. The van der Waals surface area contributed by atoms with E-state index in [2.05, 4.69) is 29.6 Å². The van der Waals surface area contributed by atoms with Crippen molar-refractivity contribution < 1.29 is 4.79 Å². The first-order valence-corrected chi connectivity index (χ1v) is 7.29. The molecule has 3 aromatic rings. The van der Waals surface area contributed by atoms with Crippen LogP contribution in [0.15, 0.2) is 66.7 Å². The lowest BCUT2D eigenvalue weighted by Gasteiger charge is -2.16. The highest BCUT2D eigenvalue weighted by Crippen LogP contribution is 2.24. The van der Waals surface area contributed by atoms with Crippen LogP contribution in [0.2, 0.25) is 0 Å². The van der Waals surface area contributed by atoms with E-state index in [4.69, 9.17) is 5.73 Å². The zero-order valence-corrected chi connectivity index (χ0v) is 13.6. The Labute approximate surface area is 141 Å². The Hall–Kier alpha value is -2.52. The number of hydrogen-bond donors (Lipinski definition) is 2. The van der Waals surface area contributed by atoms with Crippen molar-refractivity contribution in [1.29, 1.82) is 0 Å². The number of benzene rings is 3. The van der Waals surface area contributed by atoms with Crippen LogP contribution in [0.25, 0.3) is 10.8 Å². The summed E-state index contributed by atoms with van der Waals surface area (Å²) < 4.78 is 0. The predicted octanol–water partition coefficient (Wildman–Crippen LogP) is 4.33. The summed E-state index contributed by atoms with van der Waals surface area (Å²) in [6.45, 7) is 2.00. The van der Waals surface area contributed by atoms with Crippen LogP contribution in [0.1, 0.15) is 28.9 Å². The fraction of sp³-hybridized carbons (Fsp3) is 0.105. The van der Waals surface area contributed by atoms with Gasteiger partial charge in [0.1, 0.15) is 0 Å². The Balaban J connectivity index is 0.00000192. The van der Waals surface area contributed by atoms with Gasteiger partial charge in [0.15, 0.2) is 0 Å². The van der Waals surface area contributed by atoms with Crippen molar-refractivity contribution in [2.75, 3.05) is 5.73 Å². The number of nitrogens with one attached hydrogen (secondary N) is 1. The van der Waals surface area contributed by atoms with Crippen LogP contribution in [-0.4, -0.2) is 5.91 Å². The third kappa shape index (κ3) is 3.63.